The van der Waals surface area contributed by atoms with E-state index in [1.165, 1.54) is 104 Å². The molecule has 1 heterocycles. The zero-order chi connectivity index (χ0) is 31.4. The first-order valence-corrected chi connectivity index (χ1v) is 16.9. The summed E-state index contributed by atoms with van der Waals surface area (Å²) >= 11 is 0. The van der Waals surface area contributed by atoms with E-state index in [0.717, 1.165) is 0 Å². The van der Waals surface area contributed by atoms with Crippen LogP contribution in [0.2, 0.25) is 0 Å². The standard InChI is InChI=1S/C46H33N/c1-45(2)36-23-34-30-15-8-9-16-40(30)47(29-13-6-5-7-14-29)41(34)25-33(36)32-22-38-35(24-37(32)45)44-31-20-19-27-12-10-11-26-17-18-28(43(31)42(26)27)21-39(44)46(38,3)4/h5-25H,1-4H3. The van der Waals surface area contributed by atoms with Gasteiger partial charge in [-0.1, -0.05) is 107 Å². The minimum Gasteiger partial charge on any atom is -0.309 e. The predicted molar refractivity (Wildman–Crippen MR) is 200 cm³/mol. The van der Waals surface area contributed by atoms with Gasteiger partial charge in [0, 0.05) is 27.3 Å². The molecule has 8 aromatic carbocycles. The molecule has 11 rings (SSSR count). The van der Waals surface area contributed by atoms with Crippen molar-refractivity contribution in [3.8, 4) is 27.9 Å². The molecule has 0 spiro atoms. The van der Waals surface area contributed by atoms with Crippen molar-refractivity contribution in [2.45, 2.75) is 38.5 Å². The lowest BCUT2D eigenvalue weighted by Gasteiger charge is -2.24. The molecule has 1 aromatic heterocycles. The van der Waals surface area contributed by atoms with E-state index in [-0.39, 0.29) is 10.8 Å². The minimum atomic E-state index is -0.124. The fourth-order valence-corrected chi connectivity index (χ4v) is 9.56. The van der Waals surface area contributed by atoms with E-state index in [1.807, 2.05) is 0 Å². The molecule has 0 unspecified atom stereocenters. The molecule has 47 heavy (non-hydrogen) atoms. The molecule has 1 nitrogen and oxygen atoms in total. The van der Waals surface area contributed by atoms with Crippen LogP contribution < -0.4 is 0 Å². The van der Waals surface area contributed by atoms with Gasteiger partial charge < -0.3 is 4.57 Å². The van der Waals surface area contributed by atoms with Crippen LogP contribution in [0.1, 0.15) is 49.9 Å². The number of aromatic nitrogens is 1. The smallest absolute Gasteiger partial charge is 0.0547 e. The average Bonchev–Trinajstić information content (AvgIpc) is 3.62. The Balaban J connectivity index is 1.22. The lowest BCUT2D eigenvalue weighted by atomic mass is 9.79. The third-order valence-electron chi connectivity index (χ3n) is 11.9. The van der Waals surface area contributed by atoms with Crippen LogP contribution in [0, 0.1) is 0 Å². The van der Waals surface area contributed by atoms with Crippen LogP contribution in [-0.2, 0) is 10.8 Å². The summed E-state index contributed by atoms with van der Waals surface area (Å²) in [5.41, 5.74) is 14.8. The molecule has 0 aliphatic heterocycles. The van der Waals surface area contributed by atoms with Crippen molar-refractivity contribution in [3.63, 3.8) is 0 Å². The van der Waals surface area contributed by atoms with E-state index in [0.29, 0.717) is 0 Å². The molecule has 0 bridgehead atoms. The number of rotatable bonds is 1. The number of fused-ring (bicyclic) bond motifs is 10. The first-order chi connectivity index (χ1) is 22.8. The molecule has 0 N–H and O–H groups in total. The molecular formula is C46H33N. The number of hydrogen-bond acceptors (Lipinski definition) is 0. The summed E-state index contributed by atoms with van der Waals surface area (Å²) in [5.74, 6) is 0. The van der Waals surface area contributed by atoms with E-state index >= 15 is 0 Å². The maximum atomic E-state index is 2.57. The summed E-state index contributed by atoms with van der Waals surface area (Å²) in [6.45, 7) is 9.72. The molecule has 2 aliphatic rings. The van der Waals surface area contributed by atoms with Crippen LogP contribution in [0.3, 0.4) is 0 Å². The molecule has 0 fully saturated rings. The van der Waals surface area contributed by atoms with Crippen LogP contribution in [0.5, 0.6) is 0 Å². The molecule has 1 heteroatoms. The SMILES string of the molecule is CC1(C)c2cc3c(cc2-c2cc4c(cc21)c1ccccc1n4-c1ccccc1)C(C)(C)c1cc2ccc4cccc5ccc(c1-3)c2c45. The Bertz CT molecular complexity index is 2810. The normalized spacial score (nSPS) is 15.6. The van der Waals surface area contributed by atoms with E-state index in [1.54, 1.807) is 0 Å². The van der Waals surface area contributed by atoms with E-state index < -0.39 is 0 Å². The lowest BCUT2D eigenvalue weighted by Crippen LogP contribution is -2.17. The van der Waals surface area contributed by atoms with Crippen LogP contribution in [0.15, 0.2) is 127 Å². The number of benzene rings is 8. The van der Waals surface area contributed by atoms with Crippen molar-refractivity contribution in [1.82, 2.24) is 4.57 Å². The van der Waals surface area contributed by atoms with Crippen LogP contribution in [-0.4, -0.2) is 4.57 Å². The molecule has 0 amide bonds. The van der Waals surface area contributed by atoms with Gasteiger partial charge in [0.1, 0.15) is 0 Å². The van der Waals surface area contributed by atoms with Gasteiger partial charge in [-0.3, -0.25) is 0 Å². The molecule has 9 aromatic rings. The number of hydrogen-bond donors (Lipinski definition) is 0. The average molecular weight is 600 g/mol. The van der Waals surface area contributed by atoms with Gasteiger partial charge in [-0.05, 0) is 125 Å². The van der Waals surface area contributed by atoms with Gasteiger partial charge in [-0.25, -0.2) is 0 Å². The van der Waals surface area contributed by atoms with Crippen LogP contribution >= 0.6 is 0 Å². The van der Waals surface area contributed by atoms with Gasteiger partial charge in [0.25, 0.3) is 0 Å². The summed E-state index contributed by atoms with van der Waals surface area (Å²) < 4.78 is 2.45. The van der Waals surface area contributed by atoms with Gasteiger partial charge in [0.2, 0.25) is 0 Å². The first kappa shape index (κ1) is 25.8. The Morgan fingerprint density at radius 2 is 1.04 bits per heavy atom. The Hall–Kier alpha value is -5.40. The highest BCUT2D eigenvalue weighted by atomic mass is 15.0. The van der Waals surface area contributed by atoms with Crippen molar-refractivity contribution >= 4 is 54.1 Å². The molecular weight excluding hydrogens is 567 g/mol. The van der Waals surface area contributed by atoms with Crippen molar-refractivity contribution < 1.29 is 0 Å². The second kappa shape index (κ2) is 8.30. The van der Waals surface area contributed by atoms with E-state index in [4.69, 9.17) is 0 Å². The largest absolute Gasteiger partial charge is 0.309 e. The monoisotopic (exact) mass is 599 g/mol. The Kier molecular flexibility index (Phi) is 4.55. The predicted octanol–water partition coefficient (Wildman–Crippen LogP) is 12.3. The number of para-hydroxylation sites is 2. The fourth-order valence-electron chi connectivity index (χ4n) is 9.56. The van der Waals surface area contributed by atoms with Crippen LogP contribution in [0.4, 0.5) is 0 Å². The minimum absolute atomic E-state index is 0.111. The highest BCUT2D eigenvalue weighted by Crippen LogP contribution is 2.59. The zero-order valence-corrected chi connectivity index (χ0v) is 27.1. The van der Waals surface area contributed by atoms with Gasteiger partial charge in [0.05, 0.1) is 11.0 Å². The van der Waals surface area contributed by atoms with Gasteiger partial charge in [-0.15, -0.1) is 0 Å². The Morgan fingerprint density at radius 1 is 0.404 bits per heavy atom. The van der Waals surface area contributed by atoms with Crippen molar-refractivity contribution in [2.75, 3.05) is 0 Å². The second-order valence-electron chi connectivity index (χ2n) is 15.0. The Morgan fingerprint density at radius 3 is 1.87 bits per heavy atom. The molecule has 0 atom stereocenters. The third-order valence-corrected chi connectivity index (χ3v) is 11.9. The highest BCUT2D eigenvalue weighted by Gasteiger charge is 2.43. The highest BCUT2D eigenvalue weighted by molar-refractivity contribution is 6.26. The summed E-state index contributed by atoms with van der Waals surface area (Å²) in [4.78, 5) is 0. The van der Waals surface area contributed by atoms with Gasteiger partial charge >= 0.3 is 0 Å². The maximum Gasteiger partial charge on any atom is 0.0547 e. The van der Waals surface area contributed by atoms with Crippen molar-refractivity contribution in [2.24, 2.45) is 0 Å². The van der Waals surface area contributed by atoms with Gasteiger partial charge in [-0.2, -0.15) is 0 Å². The summed E-state index contributed by atoms with van der Waals surface area (Å²) in [5, 5.41) is 10.8. The molecule has 2 aliphatic carbocycles. The molecule has 0 saturated carbocycles. The third kappa shape index (κ3) is 3.02. The Labute approximate surface area is 274 Å². The van der Waals surface area contributed by atoms with Gasteiger partial charge in [0.15, 0.2) is 0 Å². The zero-order valence-electron chi connectivity index (χ0n) is 27.1. The fraction of sp³-hybridized carbons (Fsp3) is 0.130. The summed E-state index contributed by atoms with van der Waals surface area (Å²) in [7, 11) is 0. The van der Waals surface area contributed by atoms with E-state index in [9.17, 15) is 0 Å². The first-order valence-electron chi connectivity index (χ1n) is 16.9. The second-order valence-corrected chi connectivity index (χ2v) is 15.0. The summed E-state index contributed by atoms with van der Waals surface area (Å²) in [6, 6.07) is 48.4. The quantitative estimate of drug-likeness (QED) is 0.165. The summed E-state index contributed by atoms with van der Waals surface area (Å²) in [6.07, 6.45) is 0. The molecule has 0 saturated heterocycles. The van der Waals surface area contributed by atoms with Crippen molar-refractivity contribution in [1.29, 1.82) is 0 Å². The lowest BCUT2D eigenvalue weighted by molar-refractivity contribution is 0.653. The molecule has 222 valence electrons. The van der Waals surface area contributed by atoms with Crippen LogP contribution in [0.25, 0.3) is 82.1 Å². The maximum absolute atomic E-state index is 2.57. The topological polar surface area (TPSA) is 4.93 Å². The van der Waals surface area contributed by atoms with E-state index in [2.05, 4.69) is 160 Å². The van der Waals surface area contributed by atoms with Crippen molar-refractivity contribution in [3.05, 3.63) is 150 Å². The molecule has 0 radical (unpaired) electrons. The number of nitrogens with zero attached hydrogens (tertiary/aromatic N) is 1.